The predicted molar refractivity (Wildman–Crippen MR) is 62.9 cm³/mol. The lowest BCUT2D eigenvalue weighted by Gasteiger charge is -2.08. The zero-order valence-corrected chi connectivity index (χ0v) is 10.1. The van der Waals surface area contributed by atoms with Gasteiger partial charge in [0.15, 0.2) is 0 Å². The van der Waals surface area contributed by atoms with E-state index in [2.05, 4.69) is 22.2 Å². The molecule has 0 aliphatic heterocycles. The van der Waals surface area contributed by atoms with E-state index in [9.17, 15) is 0 Å². The SMILES string of the molecule is CCCOc1cc(NCCOC)nc(C)n1. The average Bonchev–Trinajstić information content (AvgIpc) is 2.26. The first-order valence-corrected chi connectivity index (χ1v) is 5.47. The highest BCUT2D eigenvalue weighted by Gasteiger charge is 2.01. The third kappa shape index (κ3) is 4.44. The van der Waals surface area contributed by atoms with Crippen molar-refractivity contribution in [2.45, 2.75) is 20.3 Å². The zero-order valence-electron chi connectivity index (χ0n) is 10.1. The molecule has 0 bridgehead atoms. The van der Waals surface area contributed by atoms with Crippen LogP contribution in [0, 0.1) is 6.92 Å². The van der Waals surface area contributed by atoms with Gasteiger partial charge in [-0.25, -0.2) is 4.98 Å². The van der Waals surface area contributed by atoms with Crippen molar-refractivity contribution in [3.05, 3.63) is 11.9 Å². The normalized spacial score (nSPS) is 10.2. The number of ether oxygens (including phenoxy) is 2. The molecule has 5 nitrogen and oxygen atoms in total. The van der Waals surface area contributed by atoms with E-state index in [0.717, 1.165) is 18.8 Å². The van der Waals surface area contributed by atoms with E-state index in [4.69, 9.17) is 9.47 Å². The second-order valence-corrected chi connectivity index (χ2v) is 3.41. The van der Waals surface area contributed by atoms with Gasteiger partial charge in [-0.05, 0) is 13.3 Å². The number of methoxy groups -OCH3 is 1. The van der Waals surface area contributed by atoms with Crippen molar-refractivity contribution in [1.82, 2.24) is 9.97 Å². The van der Waals surface area contributed by atoms with Gasteiger partial charge in [0.2, 0.25) is 5.88 Å². The van der Waals surface area contributed by atoms with Crippen LogP contribution in [0.4, 0.5) is 5.82 Å². The molecule has 0 unspecified atom stereocenters. The molecule has 0 saturated heterocycles. The minimum Gasteiger partial charge on any atom is -0.478 e. The van der Waals surface area contributed by atoms with Crippen LogP contribution in [0.15, 0.2) is 6.07 Å². The Morgan fingerprint density at radius 2 is 2.12 bits per heavy atom. The average molecular weight is 225 g/mol. The molecule has 1 N–H and O–H groups in total. The molecule has 0 aliphatic rings. The Balaban J connectivity index is 2.58. The summed E-state index contributed by atoms with van der Waals surface area (Å²) >= 11 is 0. The minimum atomic E-state index is 0.620. The third-order valence-electron chi connectivity index (χ3n) is 1.88. The first-order valence-electron chi connectivity index (χ1n) is 5.47. The van der Waals surface area contributed by atoms with E-state index in [1.54, 1.807) is 13.2 Å². The monoisotopic (exact) mass is 225 g/mol. The van der Waals surface area contributed by atoms with Gasteiger partial charge < -0.3 is 14.8 Å². The van der Waals surface area contributed by atoms with E-state index in [1.165, 1.54) is 0 Å². The largest absolute Gasteiger partial charge is 0.478 e. The zero-order chi connectivity index (χ0) is 11.8. The molecular formula is C11H19N3O2. The van der Waals surface area contributed by atoms with Gasteiger partial charge in [-0.1, -0.05) is 6.92 Å². The molecule has 1 aromatic rings. The number of nitrogens with one attached hydrogen (secondary N) is 1. The van der Waals surface area contributed by atoms with Gasteiger partial charge in [0, 0.05) is 19.7 Å². The van der Waals surface area contributed by atoms with Crippen molar-refractivity contribution in [3.8, 4) is 5.88 Å². The molecule has 90 valence electrons. The molecule has 0 fully saturated rings. The Labute approximate surface area is 96.2 Å². The van der Waals surface area contributed by atoms with Crippen molar-refractivity contribution in [2.75, 3.05) is 32.2 Å². The van der Waals surface area contributed by atoms with Crippen LogP contribution in [0.25, 0.3) is 0 Å². The number of hydrogen-bond acceptors (Lipinski definition) is 5. The third-order valence-corrected chi connectivity index (χ3v) is 1.88. The Kier molecular flexibility index (Phi) is 5.56. The highest BCUT2D eigenvalue weighted by atomic mass is 16.5. The van der Waals surface area contributed by atoms with E-state index in [-0.39, 0.29) is 0 Å². The van der Waals surface area contributed by atoms with Crippen LogP contribution in [0.3, 0.4) is 0 Å². The number of rotatable bonds is 7. The molecule has 1 rings (SSSR count). The molecule has 0 saturated carbocycles. The van der Waals surface area contributed by atoms with Crippen molar-refractivity contribution < 1.29 is 9.47 Å². The summed E-state index contributed by atoms with van der Waals surface area (Å²) < 4.78 is 10.4. The van der Waals surface area contributed by atoms with Crippen LogP contribution < -0.4 is 10.1 Å². The molecular weight excluding hydrogens is 206 g/mol. The van der Waals surface area contributed by atoms with Gasteiger partial charge in [0.1, 0.15) is 11.6 Å². The van der Waals surface area contributed by atoms with Crippen molar-refractivity contribution in [2.24, 2.45) is 0 Å². The fourth-order valence-corrected chi connectivity index (χ4v) is 1.19. The lowest BCUT2D eigenvalue weighted by atomic mass is 10.5. The van der Waals surface area contributed by atoms with Crippen LogP contribution in [0.1, 0.15) is 19.2 Å². The molecule has 0 atom stereocenters. The fourth-order valence-electron chi connectivity index (χ4n) is 1.19. The molecule has 1 aromatic heterocycles. The summed E-state index contributed by atoms with van der Waals surface area (Å²) in [5.74, 6) is 2.10. The first kappa shape index (κ1) is 12.7. The van der Waals surface area contributed by atoms with Gasteiger partial charge in [-0.15, -0.1) is 0 Å². The summed E-state index contributed by atoms with van der Waals surface area (Å²) in [7, 11) is 1.67. The summed E-state index contributed by atoms with van der Waals surface area (Å²) in [6.07, 6.45) is 0.968. The van der Waals surface area contributed by atoms with Crippen LogP contribution in [0.5, 0.6) is 5.88 Å². The molecule has 5 heteroatoms. The first-order chi connectivity index (χ1) is 7.76. The summed E-state index contributed by atoms with van der Waals surface area (Å²) in [6, 6.07) is 1.80. The maximum atomic E-state index is 5.46. The standard InChI is InChI=1S/C11H19N3O2/c1-4-6-16-11-8-10(12-5-7-15-3)13-9(2)14-11/h8H,4-7H2,1-3H3,(H,12,13,14). The van der Waals surface area contributed by atoms with Crippen LogP contribution in [-0.4, -0.2) is 36.8 Å². The summed E-state index contributed by atoms with van der Waals surface area (Å²) in [5, 5.41) is 3.15. The number of aryl methyl sites for hydroxylation is 1. The van der Waals surface area contributed by atoms with Gasteiger partial charge in [0.25, 0.3) is 0 Å². The van der Waals surface area contributed by atoms with Gasteiger partial charge in [-0.2, -0.15) is 4.98 Å². The predicted octanol–water partition coefficient (Wildman–Crippen LogP) is 1.63. The van der Waals surface area contributed by atoms with E-state index in [0.29, 0.717) is 24.9 Å². The van der Waals surface area contributed by atoms with E-state index < -0.39 is 0 Å². The van der Waals surface area contributed by atoms with Gasteiger partial charge in [-0.3, -0.25) is 0 Å². The number of hydrogen-bond donors (Lipinski definition) is 1. The Morgan fingerprint density at radius 1 is 1.31 bits per heavy atom. The Hall–Kier alpha value is -1.36. The van der Waals surface area contributed by atoms with Crippen molar-refractivity contribution in [3.63, 3.8) is 0 Å². The number of anilines is 1. The number of nitrogens with zero attached hydrogens (tertiary/aromatic N) is 2. The minimum absolute atomic E-state index is 0.620. The van der Waals surface area contributed by atoms with Crippen LogP contribution in [-0.2, 0) is 4.74 Å². The quantitative estimate of drug-likeness (QED) is 0.715. The van der Waals surface area contributed by atoms with E-state index in [1.807, 2.05) is 6.92 Å². The second kappa shape index (κ2) is 7.00. The fraction of sp³-hybridized carbons (Fsp3) is 0.636. The molecule has 0 aromatic carbocycles. The smallest absolute Gasteiger partial charge is 0.218 e. The number of aromatic nitrogens is 2. The Morgan fingerprint density at radius 3 is 2.81 bits per heavy atom. The highest BCUT2D eigenvalue weighted by molar-refractivity contribution is 5.38. The lowest BCUT2D eigenvalue weighted by molar-refractivity contribution is 0.210. The summed E-state index contributed by atoms with van der Waals surface area (Å²) in [5.41, 5.74) is 0. The molecule has 0 aliphatic carbocycles. The topological polar surface area (TPSA) is 56.3 Å². The summed E-state index contributed by atoms with van der Waals surface area (Å²) in [4.78, 5) is 8.45. The van der Waals surface area contributed by atoms with Gasteiger partial charge in [0.05, 0.1) is 13.2 Å². The summed E-state index contributed by atoms with van der Waals surface area (Å²) in [6.45, 7) is 5.95. The Bertz CT molecular complexity index is 318. The maximum absolute atomic E-state index is 5.46. The van der Waals surface area contributed by atoms with Crippen LogP contribution in [0.2, 0.25) is 0 Å². The van der Waals surface area contributed by atoms with Crippen molar-refractivity contribution >= 4 is 5.82 Å². The molecule has 0 spiro atoms. The molecule has 0 radical (unpaired) electrons. The second-order valence-electron chi connectivity index (χ2n) is 3.41. The van der Waals surface area contributed by atoms with E-state index >= 15 is 0 Å². The molecule has 0 amide bonds. The van der Waals surface area contributed by atoms with Crippen LogP contribution >= 0.6 is 0 Å². The van der Waals surface area contributed by atoms with Gasteiger partial charge >= 0.3 is 0 Å². The van der Waals surface area contributed by atoms with Crippen molar-refractivity contribution in [1.29, 1.82) is 0 Å². The lowest BCUT2D eigenvalue weighted by Crippen LogP contribution is -2.10. The molecule has 16 heavy (non-hydrogen) atoms. The maximum Gasteiger partial charge on any atom is 0.218 e. The molecule has 1 heterocycles. The highest BCUT2D eigenvalue weighted by Crippen LogP contribution is 2.13.